The Labute approximate surface area is 196 Å². The molecule has 2 aromatic rings. The van der Waals surface area contributed by atoms with Crippen molar-refractivity contribution >= 4 is 17.5 Å². The number of phenolic OH excluding ortho intramolecular Hbond substituents is 1. The van der Waals surface area contributed by atoms with Crippen LogP contribution < -0.4 is 5.32 Å². The second kappa shape index (κ2) is 8.32. The van der Waals surface area contributed by atoms with Gasteiger partial charge in [-0.2, -0.15) is 0 Å². The molecule has 0 radical (unpaired) electrons. The molecule has 0 spiro atoms. The Hall–Kier alpha value is -3.15. The predicted octanol–water partition coefficient (Wildman–Crippen LogP) is 4.68. The van der Waals surface area contributed by atoms with Gasteiger partial charge in [-0.3, -0.25) is 15.0 Å². The van der Waals surface area contributed by atoms with Crippen LogP contribution in [0.3, 0.4) is 0 Å². The molecule has 0 bridgehead atoms. The summed E-state index contributed by atoms with van der Waals surface area (Å²) < 4.78 is 0. The third-order valence-electron chi connectivity index (χ3n) is 6.24. The van der Waals surface area contributed by atoms with Gasteiger partial charge in [0.15, 0.2) is 5.78 Å². The van der Waals surface area contributed by atoms with Crippen molar-refractivity contribution in [2.45, 2.75) is 65.8 Å². The highest BCUT2D eigenvalue weighted by atomic mass is 16.3. The summed E-state index contributed by atoms with van der Waals surface area (Å²) in [5, 5.41) is 22.2. The van der Waals surface area contributed by atoms with Crippen molar-refractivity contribution in [3.8, 4) is 5.75 Å². The van der Waals surface area contributed by atoms with Gasteiger partial charge in [0, 0.05) is 41.4 Å². The first-order chi connectivity index (χ1) is 15.1. The summed E-state index contributed by atoms with van der Waals surface area (Å²) in [5.74, 6) is 0.192. The van der Waals surface area contributed by atoms with Crippen LogP contribution in [-0.2, 0) is 17.4 Å². The molecular weight excluding hydrogens is 414 g/mol. The minimum absolute atomic E-state index is 0.0554. The van der Waals surface area contributed by atoms with Gasteiger partial charge in [-0.05, 0) is 47.1 Å². The van der Waals surface area contributed by atoms with E-state index < -0.39 is 0 Å². The molecule has 1 aliphatic heterocycles. The van der Waals surface area contributed by atoms with Crippen molar-refractivity contribution in [1.82, 2.24) is 10.2 Å². The molecule has 0 aliphatic carbocycles. The number of Topliss-reactive ketones (excluding diaryl/α,β-unsaturated/α-hetero) is 1. The monoisotopic (exact) mass is 449 g/mol. The number of carbonyl (C=O) groups is 2. The Morgan fingerprint density at radius 2 is 1.58 bits per heavy atom. The lowest BCUT2D eigenvalue weighted by atomic mass is 9.78. The second-order valence-electron chi connectivity index (χ2n) is 11.0. The van der Waals surface area contributed by atoms with Crippen molar-refractivity contribution < 1.29 is 14.7 Å². The van der Waals surface area contributed by atoms with Crippen LogP contribution in [0.4, 0.5) is 0 Å². The van der Waals surface area contributed by atoms with E-state index in [1.54, 1.807) is 30.1 Å². The maximum Gasteiger partial charge on any atom is 0.251 e. The zero-order valence-electron chi connectivity index (χ0n) is 20.9. The molecule has 176 valence electrons. The Bertz CT molecular complexity index is 1120. The summed E-state index contributed by atoms with van der Waals surface area (Å²) in [6.45, 7) is 14.5. The zero-order valence-corrected chi connectivity index (χ0v) is 20.9. The van der Waals surface area contributed by atoms with E-state index in [9.17, 15) is 14.7 Å². The molecular formula is C27H35N3O3. The van der Waals surface area contributed by atoms with Gasteiger partial charge in [0.05, 0.1) is 6.54 Å². The number of fused-ring (bicyclic) bond motifs is 1. The number of phenols is 1. The van der Waals surface area contributed by atoms with Gasteiger partial charge >= 0.3 is 0 Å². The number of nitrogens with one attached hydrogen (secondary N) is 2. The number of benzene rings is 2. The number of hydrogen-bond acceptors (Lipinski definition) is 4. The standard InChI is InChI=1S/C27H35N3O3/c1-15-9-17-13-30(24(28)19(17)12-18(15)25(33)29-8)14-22(31)16-10-20(26(2,3)4)23(32)21(11-16)27(5,6)7/h9-12,28,32H,13-14H2,1-8H3,(H,29,33). The fourth-order valence-electron chi connectivity index (χ4n) is 4.29. The van der Waals surface area contributed by atoms with Crippen LogP contribution in [0.25, 0.3) is 0 Å². The summed E-state index contributed by atoms with van der Waals surface area (Å²) in [7, 11) is 1.58. The van der Waals surface area contributed by atoms with Gasteiger partial charge in [-0.15, -0.1) is 0 Å². The van der Waals surface area contributed by atoms with Crippen LogP contribution in [0.1, 0.15) is 90.1 Å². The number of rotatable bonds is 4. The van der Waals surface area contributed by atoms with E-state index in [0.717, 1.165) is 22.3 Å². The maximum absolute atomic E-state index is 13.4. The Balaban J connectivity index is 1.94. The maximum atomic E-state index is 13.4. The molecule has 0 saturated carbocycles. The molecule has 33 heavy (non-hydrogen) atoms. The smallest absolute Gasteiger partial charge is 0.251 e. The largest absolute Gasteiger partial charge is 0.507 e. The molecule has 1 heterocycles. The quantitative estimate of drug-likeness (QED) is 0.591. The number of carbonyl (C=O) groups excluding carboxylic acids is 2. The summed E-state index contributed by atoms with van der Waals surface area (Å²) >= 11 is 0. The van der Waals surface area contributed by atoms with Gasteiger partial charge in [0.1, 0.15) is 11.6 Å². The highest BCUT2D eigenvalue weighted by molar-refractivity contribution is 6.07. The molecule has 1 aliphatic rings. The predicted molar refractivity (Wildman–Crippen MR) is 132 cm³/mol. The molecule has 0 unspecified atom stereocenters. The third-order valence-corrected chi connectivity index (χ3v) is 6.24. The number of nitrogens with zero attached hydrogens (tertiary/aromatic N) is 1. The van der Waals surface area contributed by atoms with E-state index in [1.165, 1.54) is 0 Å². The highest BCUT2D eigenvalue weighted by Gasteiger charge is 2.31. The van der Waals surface area contributed by atoms with E-state index in [0.29, 0.717) is 23.2 Å². The number of amides is 1. The van der Waals surface area contributed by atoms with Crippen LogP contribution in [0.15, 0.2) is 24.3 Å². The van der Waals surface area contributed by atoms with E-state index >= 15 is 0 Å². The van der Waals surface area contributed by atoms with Crippen LogP contribution in [-0.4, -0.2) is 41.1 Å². The van der Waals surface area contributed by atoms with Gasteiger partial charge in [-0.1, -0.05) is 47.6 Å². The lowest BCUT2D eigenvalue weighted by Gasteiger charge is -2.28. The first-order valence-electron chi connectivity index (χ1n) is 11.3. The van der Waals surface area contributed by atoms with E-state index in [2.05, 4.69) is 5.32 Å². The number of ketones is 1. The highest BCUT2D eigenvalue weighted by Crippen LogP contribution is 2.40. The van der Waals surface area contributed by atoms with Crippen LogP contribution in [0.5, 0.6) is 5.75 Å². The molecule has 6 nitrogen and oxygen atoms in total. The van der Waals surface area contributed by atoms with Gasteiger partial charge in [0.2, 0.25) is 0 Å². The normalized spacial score (nSPS) is 13.8. The van der Waals surface area contributed by atoms with Crippen molar-refractivity contribution in [1.29, 1.82) is 5.41 Å². The molecule has 2 aromatic carbocycles. The van der Waals surface area contributed by atoms with Gasteiger partial charge in [-0.25, -0.2) is 0 Å². The van der Waals surface area contributed by atoms with E-state index in [1.807, 2.05) is 54.5 Å². The third kappa shape index (κ3) is 4.65. The zero-order chi connectivity index (χ0) is 24.9. The molecule has 3 rings (SSSR count). The number of aryl methyl sites for hydroxylation is 1. The second-order valence-corrected chi connectivity index (χ2v) is 11.0. The molecule has 0 saturated heterocycles. The summed E-state index contributed by atoms with van der Waals surface area (Å²) in [6.07, 6.45) is 0. The molecule has 0 fully saturated rings. The molecule has 0 atom stereocenters. The first-order valence-corrected chi connectivity index (χ1v) is 11.3. The van der Waals surface area contributed by atoms with Gasteiger partial charge in [0.25, 0.3) is 5.91 Å². The Morgan fingerprint density at radius 1 is 1.03 bits per heavy atom. The Kier molecular flexibility index (Phi) is 6.18. The number of aromatic hydroxyl groups is 1. The lowest BCUT2D eigenvalue weighted by Crippen LogP contribution is -2.31. The lowest BCUT2D eigenvalue weighted by molar-refractivity contribution is 0.0954. The van der Waals surface area contributed by atoms with Crippen molar-refractivity contribution in [2.24, 2.45) is 0 Å². The van der Waals surface area contributed by atoms with Crippen LogP contribution in [0, 0.1) is 12.3 Å². The number of amidine groups is 1. The molecule has 0 aromatic heterocycles. The van der Waals surface area contributed by atoms with E-state index in [4.69, 9.17) is 5.41 Å². The molecule has 3 N–H and O–H groups in total. The first kappa shape index (κ1) is 24.5. The van der Waals surface area contributed by atoms with Crippen LogP contribution in [0.2, 0.25) is 0 Å². The molecule has 6 heteroatoms. The van der Waals surface area contributed by atoms with Crippen molar-refractivity contribution in [2.75, 3.05) is 13.6 Å². The average Bonchev–Trinajstić information content (AvgIpc) is 2.99. The number of hydrogen-bond donors (Lipinski definition) is 3. The summed E-state index contributed by atoms with van der Waals surface area (Å²) in [4.78, 5) is 27.3. The molecule has 1 amide bonds. The minimum atomic E-state index is -0.329. The average molecular weight is 450 g/mol. The Morgan fingerprint density at radius 3 is 2.06 bits per heavy atom. The van der Waals surface area contributed by atoms with Gasteiger partial charge < -0.3 is 15.3 Å². The van der Waals surface area contributed by atoms with E-state index in [-0.39, 0.29) is 40.7 Å². The van der Waals surface area contributed by atoms with Crippen LogP contribution >= 0.6 is 0 Å². The minimum Gasteiger partial charge on any atom is -0.507 e. The fraction of sp³-hybridized carbons (Fsp3) is 0.444. The topological polar surface area (TPSA) is 93.5 Å². The van der Waals surface area contributed by atoms with Crippen molar-refractivity contribution in [3.05, 3.63) is 63.2 Å². The van der Waals surface area contributed by atoms with Crippen molar-refractivity contribution in [3.63, 3.8) is 0 Å². The SMILES string of the molecule is CNC(=O)c1cc2c(cc1C)CN(CC(=O)c1cc(C(C)(C)C)c(O)c(C(C)(C)C)c1)C2=N. The summed E-state index contributed by atoms with van der Waals surface area (Å²) in [5.41, 5.74) is 4.36. The summed E-state index contributed by atoms with van der Waals surface area (Å²) in [6, 6.07) is 7.24. The fourth-order valence-corrected chi connectivity index (χ4v) is 4.29.